The van der Waals surface area contributed by atoms with E-state index in [1.54, 1.807) is 11.0 Å². The fourth-order valence-electron chi connectivity index (χ4n) is 2.06. The molecule has 1 N–H and O–H groups in total. The van der Waals surface area contributed by atoms with Crippen LogP contribution in [0.2, 0.25) is 0 Å². The highest BCUT2D eigenvalue weighted by atomic mass is 19.1. The standard InChI is InChI=1S/C14H19FN2O2/c1-11(14(18)17-5-7-19-8-6-17)16-10-12-3-2-4-13(15)9-12/h2-4,9,11,16H,5-8,10H2,1H3. The molecule has 4 nitrogen and oxygen atoms in total. The molecule has 0 radical (unpaired) electrons. The second kappa shape index (κ2) is 6.63. The van der Waals surface area contributed by atoms with Gasteiger partial charge in [-0.3, -0.25) is 4.79 Å². The van der Waals surface area contributed by atoms with Crippen molar-refractivity contribution in [3.8, 4) is 0 Å². The third-order valence-electron chi connectivity index (χ3n) is 3.19. The first-order valence-corrected chi connectivity index (χ1v) is 6.51. The number of nitrogens with one attached hydrogen (secondary N) is 1. The number of hydrogen-bond donors (Lipinski definition) is 1. The Balaban J connectivity index is 1.83. The topological polar surface area (TPSA) is 41.6 Å². The van der Waals surface area contributed by atoms with Crippen LogP contribution in [0.5, 0.6) is 0 Å². The molecule has 0 bridgehead atoms. The minimum atomic E-state index is -0.277. The molecule has 5 heteroatoms. The molecule has 1 aliphatic rings. The second-order valence-corrected chi connectivity index (χ2v) is 4.67. The summed E-state index contributed by atoms with van der Waals surface area (Å²) in [7, 11) is 0. The van der Waals surface area contributed by atoms with Crippen molar-refractivity contribution in [2.45, 2.75) is 19.5 Å². The number of nitrogens with zero attached hydrogens (tertiary/aromatic N) is 1. The van der Waals surface area contributed by atoms with Gasteiger partial charge in [-0.2, -0.15) is 0 Å². The Morgan fingerprint density at radius 1 is 1.47 bits per heavy atom. The van der Waals surface area contributed by atoms with Gasteiger partial charge in [0.1, 0.15) is 5.82 Å². The third kappa shape index (κ3) is 4.01. The molecule has 19 heavy (non-hydrogen) atoms. The molecule has 2 rings (SSSR count). The maximum atomic E-state index is 13.0. The summed E-state index contributed by atoms with van der Waals surface area (Å²) >= 11 is 0. The molecule has 104 valence electrons. The molecule has 1 aliphatic heterocycles. The van der Waals surface area contributed by atoms with Crippen LogP contribution in [0.25, 0.3) is 0 Å². The number of carbonyl (C=O) groups excluding carboxylic acids is 1. The van der Waals surface area contributed by atoms with E-state index < -0.39 is 0 Å². The van der Waals surface area contributed by atoms with E-state index >= 15 is 0 Å². The Labute approximate surface area is 112 Å². The lowest BCUT2D eigenvalue weighted by Crippen LogP contribution is -2.49. The van der Waals surface area contributed by atoms with E-state index in [0.717, 1.165) is 5.56 Å². The molecule has 0 saturated carbocycles. The van der Waals surface area contributed by atoms with Gasteiger partial charge >= 0.3 is 0 Å². The number of morpholine rings is 1. The summed E-state index contributed by atoms with van der Waals surface area (Å²) in [4.78, 5) is 13.9. The van der Waals surface area contributed by atoms with E-state index in [-0.39, 0.29) is 17.8 Å². The van der Waals surface area contributed by atoms with E-state index in [4.69, 9.17) is 4.74 Å². The highest BCUT2D eigenvalue weighted by molar-refractivity contribution is 5.81. The largest absolute Gasteiger partial charge is 0.378 e. The maximum absolute atomic E-state index is 13.0. The SMILES string of the molecule is CC(NCc1cccc(F)c1)C(=O)N1CCOCC1. The lowest BCUT2D eigenvalue weighted by molar-refractivity contribution is -0.137. The normalized spacial score (nSPS) is 17.3. The van der Waals surface area contributed by atoms with Crippen LogP contribution in [0.4, 0.5) is 4.39 Å². The summed E-state index contributed by atoms with van der Waals surface area (Å²) in [5, 5.41) is 3.12. The number of ether oxygens (including phenoxy) is 1. The van der Waals surface area contributed by atoms with Gasteiger partial charge < -0.3 is 15.0 Å². The van der Waals surface area contributed by atoms with Gasteiger partial charge in [-0.05, 0) is 24.6 Å². The Morgan fingerprint density at radius 3 is 2.89 bits per heavy atom. The lowest BCUT2D eigenvalue weighted by Gasteiger charge is -2.29. The molecule has 0 aliphatic carbocycles. The van der Waals surface area contributed by atoms with Crippen LogP contribution in [0.15, 0.2) is 24.3 Å². The van der Waals surface area contributed by atoms with Crippen LogP contribution < -0.4 is 5.32 Å². The Kier molecular flexibility index (Phi) is 4.87. The molecular weight excluding hydrogens is 247 g/mol. The molecule has 1 amide bonds. The number of halogens is 1. The predicted molar refractivity (Wildman–Crippen MR) is 70.1 cm³/mol. The molecular formula is C14H19FN2O2. The van der Waals surface area contributed by atoms with Crippen molar-refractivity contribution in [1.82, 2.24) is 10.2 Å². The van der Waals surface area contributed by atoms with Gasteiger partial charge in [0.25, 0.3) is 0 Å². The maximum Gasteiger partial charge on any atom is 0.239 e. The van der Waals surface area contributed by atoms with Gasteiger partial charge in [-0.15, -0.1) is 0 Å². The number of benzene rings is 1. The Bertz CT molecular complexity index is 433. The van der Waals surface area contributed by atoms with E-state index in [9.17, 15) is 9.18 Å². The molecule has 0 aromatic heterocycles. The van der Waals surface area contributed by atoms with Crippen molar-refractivity contribution in [1.29, 1.82) is 0 Å². The van der Waals surface area contributed by atoms with Crippen molar-refractivity contribution in [2.24, 2.45) is 0 Å². The highest BCUT2D eigenvalue weighted by Crippen LogP contribution is 2.05. The summed E-state index contributed by atoms with van der Waals surface area (Å²) in [6.45, 7) is 4.80. The molecule has 1 fully saturated rings. The van der Waals surface area contributed by atoms with E-state index in [1.807, 2.05) is 13.0 Å². The van der Waals surface area contributed by atoms with Crippen LogP contribution in [0, 0.1) is 5.82 Å². The molecule has 1 atom stereocenters. The third-order valence-corrected chi connectivity index (χ3v) is 3.19. The summed E-state index contributed by atoms with van der Waals surface area (Å²) < 4.78 is 18.2. The first kappa shape index (κ1) is 14.0. The van der Waals surface area contributed by atoms with Crippen molar-refractivity contribution in [3.63, 3.8) is 0 Å². The van der Waals surface area contributed by atoms with Crippen molar-refractivity contribution in [2.75, 3.05) is 26.3 Å². The summed E-state index contributed by atoms with van der Waals surface area (Å²) in [5.41, 5.74) is 0.835. The zero-order valence-electron chi connectivity index (χ0n) is 11.1. The molecule has 1 heterocycles. The fourth-order valence-corrected chi connectivity index (χ4v) is 2.06. The van der Waals surface area contributed by atoms with Gasteiger partial charge in [-0.1, -0.05) is 12.1 Å². The lowest BCUT2D eigenvalue weighted by atomic mass is 10.2. The van der Waals surface area contributed by atoms with E-state index in [2.05, 4.69) is 5.32 Å². The smallest absolute Gasteiger partial charge is 0.239 e. The summed E-state index contributed by atoms with van der Waals surface area (Å²) in [5.74, 6) is -0.189. The molecule has 1 aromatic rings. The van der Waals surface area contributed by atoms with E-state index in [0.29, 0.717) is 32.8 Å². The fraction of sp³-hybridized carbons (Fsp3) is 0.500. The average molecular weight is 266 g/mol. The van der Waals surface area contributed by atoms with Gasteiger partial charge in [0.15, 0.2) is 0 Å². The quantitative estimate of drug-likeness (QED) is 0.889. The monoisotopic (exact) mass is 266 g/mol. The first-order chi connectivity index (χ1) is 9.16. The Hall–Kier alpha value is -1.46. The number of hydrogen-bond acceptors (Lipinski definition) is 3. The van der Waals surface area contributed by atoms with Gasteiger partial charge in [0.2, 0.25) is 5.91 Å². The number of amides is 1. The minimum Gasteiger partial charge on any atom is -0.378 e. The Morgan fingerprint density at radius 2 is 2.21 bits per heavy atom. The van der Waals surface area contributed by atoms with Crippen molar-refractivity contribution in [3.05, 3.63) is 35.6 Å². The zero-order valence-corrected chi connectivity index (χ0v) is 11.1. The van der Waals surface area contributed by atoms with Gasteiger partial charge in [0.05, 0.1) is 19.3 Å². The van der Waals surface area contributed by atoms with Gasteiger partial charge in [-0.25, -0.2) is 4.39 Å². The summed E-state index contributed by atoms with van der Waals surface area (Å²) in [6, 6.07) is 6.11. The van der Waals surface area contributed by atoms with Gasteiger partial charge in [0, 0.05) is 19.6 Å². The minimum absolute atomic E-state index is 0.0692. The zero-order chi connectivity index (χ0) is 13.7. The highest BCUT2D eigenvalue weighted by Gasteiger charge is 2.21. The summed E-state index contributed by atoms with van der Waals surface area (Å²) in [6.07, 6.45) is 0. The van der Waals surface area contributed by atoms with Crippen molar-refractivity contribution >= 4 is 5.91 Å². The average Bonchev–Trinajstić information content (AvgIpc) is 2.45. The number of rotatable bonds is 4. The second-order valence-electron chi connectivity index (χ2n) is 4.67. The predicted octanol–water partition coefficient (Wildman–Crippen LogP) is 1.16. The van der Waals surface area contributed by atoms with Crippen LogP contribution >= 0.6 is 0 Å². The molecule has 1 aromatic carbocycles. The van der Waals surface area contributed by atoms with Crippen molar-refractivity contribution < 1.29 is 13.9 Å². The van der Waals surface area contributed by atoms with E-state index in [1.165, 1.54) is 12.1 Å². The van der Waals surface area contributed by atoms with Crippen LogP contribution in [-0.2, 0) is 16.1 Å². The van der Waals surface area contributed by atoms with Crippen LogP contribution in [-0.4, -0.2) is 43.2 Å². The number of carbonyl (C=O) groups is 1. The van der Waals surface area contributed by atoms with Crippen LogP contribution in [0.3, 0.4) is 0 Å². The molecule has 0 spiro atoms. The molecule has 1 saturated heterocycles. The first-order valence-electron chi connectivity index (χ1n) is 6.51. The molecule has 1 unspecified atom stereocenters. The van der Waals surface area contributed by atoms with Crippen LogP contribution in [0.1, 0.15) is 12.5 Å².